The molecular formula is C21H33N3O. The van der Waals surface area contributed by atoms with Crippen molar-refractivity contribution in [2.75, 3.05) is 26.2 Å². The summed E-state index contributed by atoms with van der Waals surface area (Å²) in [7, 11) is 0. The Morgan fingerprint density at radius 3 is 2.48 bits per heavy atom. The van der Waals surface area contributed by atoms with Gasteiger partial charge in [0.25, 0.3) is 0 Å². The predicted molar refractivity (Wildman–Crippen MR) is 101 cm³/mol. The molecule has 4 rings (SSSR count). The normalized spacial score (nSPS) is 29.0. The Hall–Kier alpha value is -0.940. The summed E-state index contributed by atoms with van der Waals surface area (Å²) in [5.41, 5.74) is 2.78. The van der Waals surface area contributed by atoms with E-state index in [9.17, 15) is 5.11 Å². The number of aliphatic hydroxyl groups is 1. The first-order valence-electron chi connectivity index (χ1n) is 10.2. The third kappa shape index (κ3) is 4.62. The van der Waals surface area contributed by atoms with Crippen LogP contribution in [0.25, 0.3) is 0 Å². The number of rotatable bonds is 5. The number of benzene rings is 1. The van der Waals surface area contributed by atoms with Gasteiger partial charge in [0, 0.05) is 38.3 Å². The average Bonchev–Trinajstić information content (AvgIpc) is 3.11. The van der Waals surface area contributed by atoms with Gasteiger partial charge in [-0.2, -0.15) is 0 Å². The van der Waals surface area contributed by atoms with Crippen LogP contribution in [0.15, 0.2) is 24.3 Å². The fourth-order valence-electron chi connectivity index (χ4n) is 4.77. The molecule has 3 saturated heterocycles. The van der Waals surface area contributed by atoms with Crippen molar-refractivity contribution in [2.45, 2.75) is 69.8 Å². The largest absolute Gasteiger partial charge is 0.393 e. The van der Waals surface area contributed by atoms with Gasteiger partial charge in [-0.1, -0.05) is 24.3 Å². The molecule has 25 heavy (non-hydrogen) atoms. The Labute approximate surface area is 152 Å². The van der Waals surface area contributed by atoms with Gasteiger partial charge in [0.2, 0.25) is 0 Å². The zero-order valence-corrected chi connectivity index (χ0v) is 15.4. The number of hydrogen-bond acceptors (Lipinski definition) is 4. The van der Waals surface area contributed by atoms with Gasteiger partial charge < -0.3 is 15.3 Å². The fourth-order valence-corrected chi connectivity index (χ4v) is 4.77. The van der Waals surface area contributed by atoms with Crippen LogP contribution in [0, 0.1) is 0 Å². The Morgan fingerprint density at radius 2 is 1.68 bits per heavy atom. The molecule has 4 heteroatoms. The zero-order valence-electron chi connectivity index (χ0n) is 15.4. The van der Waals surface area contributed by atoms with E-state index in [1.165, 1.54) is 49.9 Å². The van der Waals surface area contributed by atoms with E-state index in [0.29, 0.717) is 6.04 Å². The van der Waals surface area contributed by atoms with Crippen molar-refractivity contribution < 1.29 is 5.11 Å². The van der Waals surface area contributed by atoms with Crippen molar-refractivity contribution in [1.82, 2.24) is 15.1 Å². The number of piperidine rings is 2. The van der Waals surface area contributed by atoms with Crippen LogP contribution in [-0.4, -0.2) is 59.3 Å². The predicted octanol–water partition coefficient (Wildman–Crippen LogP) is 2.36. The second kappa shape index (κ2) is 8.17. The Balaban J connectivity index is 1.22. The minimum Gasteiger partial charge on any atom is -0.393 e. The lowest BCUT2D eigenvalue weighted by Crippen LogP contribution is -2.45. The smallest absolute Gasteiger partial charge is 0.0564 e. The van der Waals surface area contributed by atoms with Crippen molar-refractivity contribution in [1.29, 1.82) is 0 Å². The lowest BCUT2D eigenvalue weighted by Gasteiger charge is -2.35. The SMILES string of the molecule is OC1CCN(Cc2ccc(CN[C@H]3CCN4CCC[C@@H]4C3)cc2)CC1. The monoisotopic (exact) mass is 343 g/mol. The summed E-state index contributed by atoms with van der Waals surface area (Å²) in [4.78, 5) is 5.14. The number of nitrogens with zero attached hydrogens (tertiary/aromatic N) is 2. The summed E-state index contributed by atoms with van der Waals surface area (Å²) in [6.07, 6.45) is 7.19. The molecule has 3 aliphatic heterocycles. The molecule has 2 atom stereocenters. The van der Waals surface area contributed by atoms with Crippen molar-refractivity contribution in [2.24, 2.45) is 0 Å². The van der Waals surface area contributed by atoms with Crippen LogP contribution >= 0.6 is 0 Å². The van der Waals surface area contributed by atoms with Gasteiger partial charge in [0.05, 0.1) is 6.10 Å². The van der Waals surface area contributed by atoms with E-state index in [2.05, 4.69) is 39.4 Å². The minimum atomic E-state index is -0.0826. The Morgan fingerprint density at radius 1 is 0.920 bits per heavy atom. The van der Waals surface area contributed by atoms with Gasteiger partial charge in [-0.05, 0) is 62.7 Å². The van der Waals surface area contributed by atoms with Gasteiger partial charge in [0.1, 0.15) is 0 Å². The Kier molecular flexibility index (Phi) is 5.71. The van der Waals surface area contributed by atoms with Crippen molar-refractivity contribution in [3.63, 3.8) is 0 Å². The molecule has 138 valence electrons. The van der Waals surface area contributed by atoms with E-state index in [1.807, 2.05) is 0 Å². The topological polar surface area (TPSA) is 38.7 Å². The molecule has 0 radical (unpaired) electrons. The second-order valence-corrected chi connectivity index (χ2v) is 8.26. The number of aliphatic hydroxyl groups excluding tert-OH is 1. The van der Waals surface area contributed by atoms with Crippen LogP contribution in [0.4, 0.5) is 0 Å². The average molecular weight is 344 g/mol. The second-order valence-electron chi connectivity index (χ2n) is 8.26. The summed E-state index contributed by atoms with van der Waals surface area (Å²) < 4.78 is 0. The molecule has 0 bridgehead atoms. The number of nitrogens with one attached hydrogen (secondary N) is 1. The van der Waals surface area contributed by atoms with Crippen LogP contribution in [0.1, 0.15) is 49.7 Å². The molecule has 1 aromatic rings. The lowest BCUT2D eigenvalue weighted by atomic mass is 9.97. The van der Waals surface area contributed by atoms with Gasteiger partial charge in [0.15, 0.2) is 0 Å². The summed E-state index contributed by atoms with van der Waals surface area (Å²) in [6, 6.07) is 10.7. The summed E-state index contributed by atoms with van der Waals surface area (Å²) in [5.74, 6) is 0. The third-order valence-corrected chi connectivity index (χ3v) is 6.40. The van der Waals surface area contributed by atoms with Gasteiger partial charge in [-0.3, -0.25) is 4.90 Å². The molecule has 0 saturated carbocycles. The maximum absolute atomic E-state index is 9.61. The molecule has 2 N–H and O–H groups in total. The number of likely N-dealkylation sites (tertiary alicyclic amines) is 1. The molecular weight excluding hydrogens is 310 g/mol. The Bertz CT molecular complexity index is 539. The quantitative estimate of drug-likeness (QED) is 0.861. The van der Waals surface area contributed by atoms with E-state index in [0.717, 1.165) is 45.1 Å². The highest BCUT2D eigenvalue weighted by Gasteiger charge is 2.31. The van der Waals surface area contributed by atoms with Crippen LogP contribution < -0.4 is 5.32 Å². The van der Waals surface area contributed by atoms with Gasteiger partial charge >= 0.3 is 0 Å². The summed E-state index contributed by atoms with van der Waals surface area (Å²) in [5, 5.41) is 13.4. The number of fused-ring (bicyclic) bond motifs is 1. The highest BCUT2D eigenvalue weighted by Crippen LogP contribution is 2.27. The summed E-state index contributed by atoms with van der Waals surface area (Å²) >= 11 is 0. The maximum Gasteiger partial charge on any atom is 0.0564 e. The first-order valence-corrected chi connectivity index (χ1v) is 10.2. The van der Waals surface area contributed by atoms with Crippen molar-refractivity contribution >= 4 is 0 Å². The van der Waals surface area contributed by atoms with E-state index >= 15 is 0 Å². The molecule has 4 nitrogen and oxygen atoms in total. The highest BCUT2D eigenvalue weighted by atomic mass is 16.3. The zero-order chi connectivity index (χ0) is 17.1. The third-order valence-electron chi connectivity index (χ3n) is 6.40. The minimum absolute atomic E-state index is 0.0826. The molecule has 3 fully saturated rings. The number of hydrogen-bond donors (Lipinski definition) is 2. The van der Waals surface area contributed by atoms with Crippen LogP contribution in [0.3, 0.4) is 0 Å². The maximum atomic E-state index is 9.61. The molecule has 0 aromatic heterocycles. The first kappa shape index (κ1) is 17.5. The van der Waals surface area contributed by atoms with E-state index in [1.54, 1.807) is 0 Å². The van der Waals surface area contributed by atoms with Gasteiger partial charge in [-0.15, -0.1) is 0 Å². The highest BCUT2D eigenvalue weighted by molar-refractivity contribution is 5.22. The van der Waals surface area contributed by atoms with Crippen LogP contribution in [-0.2, 0) is 13.1 Å². The standard InChI is InChI=1S/C21H33N3O/c25-21-8-11-23(12-9-21)16-18-5-3-17(4-6-18)15-22-19-7-13-24-10-1-2-20(24)14-19/h3-6,19-22,25H,1-2,7-16H2/t19-,20+/m0/s1. The molecule has 3 heterocycles. The van der Waals surface area contributed by atoms with Crippen LogP contribution in [0.2, 0.25) is 0 Å². The van der Waals surface area contributed by atoms with E-state index < -0.39 is 0 Å². The molecule has 1 aromatic carbocycles. The van der Waals surface area contributed by atoms with Crippen molar-refractivity contribution in [3.8, 4) is 0 Å². The summed E-state index contributed by atoms with van der Waals surface area (Å²) in [6.45, 7) is 6.66. The van der Waals surface area contributed by atoms with E-state index in [-0.39, 0.29) is 6.10 Å². The van der Waals surface area contributed by atoms with E-state index in [4.69, 9.17) is 0 Å². The molecule has 0 spiro atoms. The first-order chi connectivity index (χ1) is 12.3. The van der Waals surface area contributed by atoms with Crippen LogP contribution in [0.5, 0.6) is 0 Å². The molecule has 3 aliphatic rings. The van der Waals surface area contributed by atoms with Gasteiger partial charge in [-0.25, -0.2) is 0 Å². The lowest BCUT2D eigenvalue weighted by molar-refractivity contribution is 0.0792. The molecule has 0 aliphatic carbocycles. The fraction of sp³-hybridized carbons (Fsp3) is 0.714. The molecule has 0 amide bonds. The molecule has 0 unspecified atom stereocenters. The van der Waals surface area contributed by atoms with Crippen molar-refractivity contribution in [3.05, 3.63) is 35.4 Å².